The first-order valence-electron chi connectivity index (χ1n) is 5.98. The predicted molar refractivity (Wildman–Crippen MR) is 78.3 cm³/mol. The second-order valence-electron chi connectivity index (χ2n) is 4.17. The lowest BCUT2D eigenvalue weighted by atomic mass is 10.1. The molecule has 0 aliphatic rings. The van der Waals surface area contributed by atoms with Crippen LogP contribution in [0.5, 0.6) is 0 Å². The Morgan fingerprint density at radius 3 is 2.70 bits per heavy atom. The highest BCUT2D eigenvalue weighted by Gasteiger charge is 2.12. The van der Waals surface area contributed by atoms with Gasteiger partial charge in [-0.2, -0.15) is 0 Å². The summed E-state index contributed by atoms with van der Waals surface area (Å²) in [7, 11) is 0. The molecule has 0 spiro atoms. The molecule has 0 aromatic heterocycles. The Bertz CT molecular complexity index is 634. The fourth-order valence-electron chi connectivity index (χ4n) is 1.82. The number of anilines is 1. The SMILES string of the molecule is Nc1cc(F)ccc1SCCc1ccccc1[N+](=O)[O-]. The first-order chi connectivity index (χ1) is 9.58. The fraction of sp³-hybridized carbons (Fsp3) is 0.143. The van der Waals surface area contributed by atoms with Crippen LogP contribution in [0.1, 0.15) is 5.56 Å². The Balaban J connectivity index is 2.01. The van der Waals surface area contributed by atoms with Crippen LogP contribution in [0.25, 0.3) is 0 Å². The Morgan fingerprint density at radius 1 is 1.25 bits per heavy atom. The van der Waals surface area contributed by atoms with Crippen molar-refractivity contribution in [2.24, 2.45) is 0 Å². The number of para-hydroxylation sites is 1. The second kappa shape index (κ2) is 6.38. The average Bonchev–Trinajstić information content (AvgIpc) is 2.41. The van der Waals surface area contributed by atoms with Gasteiger partial charge in [-0.1, -0.05) is 18.2 Å². The van der Waals surface area contributed by atoms with Crippen LogP contribution in [0, 0.1) is 15.9 Å². The van der Waals surface area contributed by atoms with Crippen LogP contribution in [-0.4, -0.2) is 10.7 Å². The molecule has 2 rings (SSSR count). The lowest BCUT2D eigenvalue weighted by Crippen LogP contribution is -1.97. The van der Waals surface area contributed by atoms with E-state index in [0.717, 1.165) is 4.90 Å². The summed E-state index contributed by atoms with van der Waals surface area (Å²) in [6, 6.07) is 10.9. The van der Waals surface area contributed by atoms with Crippen LogP contribution < -0.4 is 5.73 Å². The van der Waals surface area contributed by atoms with Crippen molar-refractivity contribution >= 4 is 23.1 Å². The average molecular weight is 292 g/mol. The third-order valence-corrected chi connectivity index (χ3v) is 3.88. The summed E-state index contributed by atoms with van der Waals surface area (Å²) in [6.07, 6.45) is 0.554. The second-order valence-corrected chi connectivity index (χ2v) is 5.30. The maximum absolute atomic E-state index is 12.9. The Kier molecular flexibility index (Phi) is 4.57. The van der Waals surface area contributed by atoms with Gasteiger partial charge in [-0.3, -0.25) is 10.1 Å². The van der Waals surface area contributed by atoms with E-state index >= 15 is 0 Å². The summed E-state index contributed by atoms with van der Waals surface area (Å²) >= 11 is 1.46. The minimum atomic E-state index is -0.383. The van der Waals surface area contributed by atoms with Crippen LogP contribution in [0.3, 0.4) is 0 Å². The number of nitrogens with two attached hydrogens (primary N) is 1. The molecule has 0 amide bonds. The van der Waals surface area contributed by atoms with Crippen molar-refractivity contribution < 1.29 is 9.31 Å². The van der Waals surface area contributed by atoms with Crippen LogP contribution in [0.15, 0.2) is 47.4 Å². The molecule has 0 bridgehead atoms. The molecule has 0 fully saturated rings. The predicted octanol–water partition coefficient (Wildman–Crippen LogP) is 3.65. The molecule has 4 nitrogen and oxygen atoms in total. The molecule has 2 N–H and O–H groups in total. The summed E-state index contributed by atoms with van der Waals surface area (Å²) in [5, 5.41) is 10.9. The monoisotopic (exact) mass is 292 g/mol. The minimum Gasteiger partial charge on any atom is -0.398 e. The van der Waals surface area contributed by atoms with E-state index in [4.69, 9.17) is 5.73 Å². The zero-order chi connectivity index (χ0) is 14.5. The summed E-state index contributed by atoms with van der Waals surface area (Å²) in [5.41, 5.74) is 6.91. The van der Waals surface area contributed by atoms with E-state index in [2.05, 4.69) is 0 Å². The number of rotatable bonds is 5. The number of benzene rings is 2. The fourth-order valence-corrected chi connectivity index (χ4v) is 2.75. The van der Waals surface area contributed by atoms with Crippen molar-refractivity contribution in [1.29, 1.82) is 0 Å². The molecule has 0 saturated carbocycles. The normalized spacial score (nSPS) is 10.4. The van der Waals surface area contributed by atoms with Crippen molar-refractivity contribution in [3.8, 4) is 0 Å². The van der Waals surface area contributed by atoms with E-state index < -0.39 is 0 Å². The number of hydrogen-bond donors (Lipinski definition) is 1. The van der Waals surface area contributed by atoms with Crippen LogP contribution in [-0.2, 0) is 6.42 Å². The molecule has 6 heteroatoms. The van der Waals surface area contributed by atoms with Crippen LogP contribution in [0.2, 0.25) is 0 Å². The molecule has 0 atom stereocenters. The zero-order valence-electron chi connectivity index (χ0n) is 10.6. The molecular formula is C14H13FN2O2S. The van der Waals surface area contributed by atoms with Crippen molar-refractivity contribution in [3.05, 3.63) is 64.0 Å². The molecule has 2 aromatic rings. The Labute approximate surface area is 119 Å². The maximum Gasteiger partial charge on any atom is 0.272 e. The van der Waals surface area contributed by atoms with E-state index in [-0.39, 0.29) is 16.4 Å². The number of thioether (sulfide) groups is 1. The summed E-state index contributed by atoms with van der Waals surface area (Å²) in [4.78, 5) is 11.3. The van der Waals surface area contributed by atoms with E-state index in [1.165, 1.54) is 30.0 Å². The maximum atomic E-state index is 12.9. The number of aryl methyl sites for hydroxylation is 1. The summed E-state index contributed by atoms with van der Waals surface area (Å²) in [5.74, 6) is 0.270. The molecule has 2 aromatic carbocycles. The molecular weight excluding hydrogens is 279 g/mol. The first-order valence-corrected chi connectivity index (χ1v) is 6.96. The molecule has 0 aliphatic carbocycles. The summed E-state index contributed by atoms with van der Waals surface area (Å²) < 4.78 is 12.9. The van der Waals surface area contributed by atoms with Crippen molar-refractivity contribution in [2.75, 3.05) is 11.5 Å². The highest BCUT2D eigenvalue weighted by molar-refractivity contribution is 7.99. The largest absolute Gasteiger partial charge is 0.398 e. The standard InChI is InChI=1S/C14H13FN2O2S/c15-11-5-6-14(12(16)9-11)20-8-7-10-3-1-2-4-13(10)17(18)19/h1-6,9H,7-8,16H2. The van der Waals surface area contributed by atoms with Crippen LogP contribution >= 0.6 is 11.8 Å². The molecule has 0 saturated heterocycles. The highest BCUT2D eigenvalue weighted by atomic mass is 32.2. The van der Waals surface area contributed by atoms with Crippen molar-refractivity contribution in [3.63, 3.8) is 0 Å². The van der Waals surface area contributed by atoms with Gasteiger partial charge in [0.2, 0.25) is 0 Å². The van der Waals surface area contributed by atoms with Gasteiger partial charge in [0.25, 0.3) is 5.69 Å². The number of nitrogens with zero attached hydrogens (tertiary/aromatic N) is 1. The molecule has 0 unspecified atom stereocenters. The van der Waals surface area contributed by atoms with Gasteiger partial charge in [0, 0.05) is 28.0 Å². The number of hydrogen-bond acceptors (Lipinski definition) is 4. The Hall–Kier alpha value is -2.08. The van der Waals surface area contributed by atoms with E-state index in [1.807, 2.05) is 0 Å². The van der Waals surface area contributed by atoms with Gasteiger partial charge in [0.15, 0.2) is 0 Å². The Morgan fingerprint density at radius 2 is 2.00 bits per heavy atom. The molecule has 104 valence electrons. The number of nitro benzene ring substituents is 1. The summed E-state index contributed by atoms with van der Waals surface area (Å²) in [6.45, 7) is 0. The first kappa shape index (κ1) is 14.3. The van der Waals surface area contributed by atoms with Gasteiger partial charge in [0.1, 0.15) is 5.82 Å². The molecule has 0 aliphatic heterocycles. The van der Waals surface area contributed by atoms with Crippen molar-refractivity contribution in [1.82, 2.24) is 0 Å². The van der Waals surface area contributed by atoms with E-state index in [1.54, 1.807) is 24.3 Å². The van der Waals surface area contributed by atoms with Gasteiger partial charge >= 0.3 is 0 Å². The van der Waals surface area contributed by atoms with Gasteiger partial charge in [0.05, 0.1) is 4.92 Å². The number of nitro groups is 1. The lowest BCUT2D eigenvalue weighted by molar-refractivity contribution is -0.385. The molecule has 0 heterocycles. The number of nitrogen functional groups attached to an aromatic ring is 1. The van der Waals surface area contributed by atoms with Gasteiger partial charge in [-0.05, 0) is 24.6 Å². The van der Waals surface area contributed by atoms with Gasteiger partial charge in [-0.15, -0.1) is 11.8 Å². The van der Waals surface area contributed by atoms with Crippen LogP contribution in [0.4, 0.5) is 15.8 Å². The van der Waals surface area contributed by atoms with Gasteiger partial charge in [-0.25, -0.2) is 4.39 Å². The minimum absolute atomic E-state index is 0.125. The third-order valence-electron chi connectivity index (χ3n) is 2.79. The molecule has 0 radical (unpaired) electrons. The third kappa shape index (κ3) is 3.48. The topological polar surface area (TPSA) is 69.2 Å². The molecule has 20 heavy (non-hydrogen) atoms. The van der Waals surface area contributed by atoms with Gasteiger partial charge < -0.3 is 5.73 Å². The zero-order valence-corrected chi connectivity index (χ0v) is 11.4. The van der Waals surface area contributed by atoms with E-state index in [9.17, 15) is 14.5 Å². The number of halogens is 1. The lowest BCUT2D eigenvalue weighted by Gasteiger charge is -2.06. The highest BCUT2D eigenvalue weighted by Crippen LogP contribution is 2.27. The quantitative estimate of drug-likeness (QED) is 0.395. The van der Waals surface area contributed by atoms with E-state index in [0.29, 0.717) is 23.4 Å². The van der Waals surface area contributed by atoms with Crippen molar-refractivity contribution in [2.45, 2.75) is 11.3 Å². The smallest absolute Gasteiger partial charge is 0.272 e.